The van der Waals surface area contributed by atoms with Crippen LogP contribution in [0.25, 0.3) is 83.0 Å². The summed E-state index contributed by atoms with van der Waals surface area (Å²) < 4.78 is 6.31. The molecule has 0 bridgehead atoms. The lowest BCUT2D eigenvalue weighted by Gasteiger charge is -2.09. The van der Waals surface area contributed by atoms with Crippen molar-refractivity contribution in [1.29, 1.82) is 0 Å². The first-order valence-corrected chi connectivity index (χ1v) is 13.8. The number of para-hydroxylation sites is 2. The molecule has 0 N–H and O–H groups in total. The molecule has 0 saturated heterocycles. The Morgan fingerprint density at radius 3 is 1.98 bits per heavy atom. The molecule has 0 saturated carbocycles. The van der Waals surface area contributed by atoms with Crippen LogP contribution in [0.4, 0.5) is 0 Å². The monoisotopic (exact) mass is 539 g/mol. The summed E-state index contributed by atoms with van der Waals surface area (Å²) in [7, 11) is 0. The molecule has 42 heavy (non-hydrogen) atoms. The number of nitrogens with zero attached hydrogens (tertiary/aromatic N) is 5. The van der Waals surface area contributed by atoms with E-state index in [2.05, 4.69) is 83.0 Å². The normalized spacial score (nSPS) is 11.8. The number of aromatic nitrogens is 5. The zero-order valence-corrected chi connectivity index (χ0v) is 22.3. The first-order chi connectivity index (χ1) is 20.8. The first kappa shape index (κ1) is 22.9. The smallest absolute Gasteiger partial charge is 0.144 e. The maximum Gasteiger partial charge on any atom is 0.144 e. The molecule has 0 fully saturated rings. The number of rotatable bonds is 3. The van der Waals surface area contributed by atoms with Gasteiger partial charge in [0.2, 0.25) is 0 Å². The van der Waals surface area contributed by atoms with Gasteiger partial charge in [-0.05, 0) is 48.5 Å². The average Bonchev–Trinajstić information content (AvgIpc) is 3.66. The summed E-state index contributed by atoms with van der Waals surface area (Å²) >= 11 is 0. The highest BCUT2D eigenvalue weighted by Crippen LogP contribution is 2.36. The van der Waals surface area contributed by atoms with Gasteiger partial charge in [-0.2, -0.15) is 4.80 Å². The van der Waals surface area contributed by atoms with E-state index in [1.807, 2.05) is 54.6 Å². The van der Waals surface area contributed by atoms with Crippen molar-refractivity contribution in [3.8, 4) is 28.2 Å². The predicted octanol–water partition coefficient (Wildman–Crippen LogP) is 8.75. The molecule has 0 aliphatic heterocycles. The summed E-state index contributed by atoms with van der Waals surface area (Å²) in [5, 5.41) is 13.6. The molecule has 4 heterocycles. The van der Waals surface area contributed by atoms with Crippen molar-refractivity contribution in [3.63, 3.8) is 0 Å². The van der Waals surface area contributed by atoms with Gasteiger partial charge < -0.3 is 4.42 Å². The lowest BCUT2D eigenvalue weighted by molar-refractivity contribution is 0.670. The van der Waals surface area contributed by atoms with Crippen LogP contribution in [-0.2, 0) is 0 Å². The Balaban J connectivity index is 1.19. The van der Waals surface area contributed by atoms with Gasteiger partial charge in [0, 0.05) is 32.7 Å². The van der Waals surface area contributed by atoms with Crippen LogP contribution in [0.3, 0.4) is 0 Å². The summed E-state index contributed by atoms with van der Waals surface area (Å²) in [5.41, 5.74) is 9.69. The average molecular weight is 540 g/mol. The summed E-state index contributed by atoms with van der Waals surface area (Å²) in [5.74, 6) is 0. The molecule has 0 radical (unpaired) electrons. The number of pyridine rings is 2. The van der Waals surface area contributed by atoms with Crippen molar-refractivity contribution in [2.24, 2.45) is 0 Å². The zero-order chi connectivity index (χ0) is 27.6. The zero-order valence-electron chi connectivity index (χ0n) is 22.3. The Morgan fingerprint density at radius 1 is 0.524 bits per heavy atom. The van der Waals surface area contributed by atoms with Crippen LogP contribution in [-0.4, -0.2) is 25.0 Å². The van der Waals surface area contributed by atoms with Crippen LogP contribution in [0.2, 0.25) is 0 Å². The Hall–Kier alpha value is -5.88. The fraction of sp³-hybridized carbons (Fsp3) is 0. The molecule has 5 aromatic carbocycles. The third kappa shape index (κ3) is 3.52. The van der Waals surface area contributed by atoms with Crippen molar-refractivity contribution < 1.29 is 4.42 Å². The molecule has 196 valence electrons. The SMILES string of the molecule is c1cc(-c2ccc3ccc4ccc(-c5cccc6c5oc5ccccc56)nc4c3n2)cc(-n2nc3ccccc3n2)c1. The molecular formula is C36H21N5O. The van der Waals surface area contributed by atoms with Gasteiger partial charge in [0.05, 0.1) is 28.1 Å². The molecule has 0 aliphatic rings. The van der Waals surface area contributed by atoms with E-state index < -0.39 is 0 Å². The number of fused-ring (bicyclic) bond motifs is 7. The maximum atomic E-state index is 6.31. The minimum atomic E-state index is 0.844. The van der Waals surface area contributed by atoms with Gasteiger partial charge in [-0.3, -0.25) is 0 Å². The summed E-state index contributed by atoms with van der Waals surface area (Å²) in [6, 6.07) is 42.9. The second-order valence-corrected chi connectivity index (χ2v) is 10.4. The second kappa shape index (κ2) is 8.81. The van der Waals surface area contributed by atoms with Crippen molar-refractivity contribution >= 4 is 54.8 Å². The van der Waals surface area contributed by atoms with Gasteiger partial charge in [0.25, 0.3) is 0 Å². The molecule has 9 aromatic rings. The Morgan fingerprint density at radius 2 is 1.17 bits per heavy atom. The van der Waals surface area contributed by atoms with Crippen molar-refractivity contribution in [2.75, 3.05) is 0 Å². The highest BCUT2D eigenvalue weighted by atomic mass is 16.3. The fourth-order valence-corrected chi connectivity index (χ4v) is 5.79. The van der Waals surface area contributed by atoms with E-state index >= 15 is 0 Å². The van der Waals surface area contributed by atoms with E-state index in [4.69, 9.17) is 14.4 Å². The third-order valence-electron chi connectivity index (χ3n) is 7.86. The van der Waals surface area contributed by atoms with Crippen LogP contribution in [0, 0.1) is 0 Å². The maximum absolute atomic E-state index is 6.31. The van der Waals surface area contributed by atoms with Gasteiger partial charge >= 0.3 is 0 Å². The third-order valence-corrected chi connectivity index (χ3v) is 7.86. The van der Waals surface area contributed by atoms with Crippen LogP contribution >= 0.6 is 0 Å². The number of benzene rings is 5. The van der Waals surface area contributed by atoms with Gasteiger partial charge in [-0.1, -0.05) is 78.9 Å². The van der Waals surface area contributed by atoms with E-state index in [0.29, 0.717) is 0 Å². The molecule has 0 atom stereocenters. The van der Waals surface area contributed by atoms with Gasteiger partial charge in [-0.15, -0.1) is 10.2 Å². The van der Waals surface area contributed by atoms with Crippen molar-refractivity contribution in [3.05, 3.63) is 127 Å². The first-order valence-electron chi connectivity index (χ1n) is 13.8. The van der Waals surface area contributed by atoms with Gasteiger partial charge in [0.1, 0.15) is 22.2 Å². The van der Waals surface area contributed by atoms with Crippen LogP contribution in [0.5, 0.6) is 0 Å². The molecule has 0 amide bonds. The minimum absolute atomic E-state index is 0.844. The molecule has 9 rings (SSSR count). The molecule has 0 unspecified atom stereocenters. The van der Waals surface area contributed by atoms with E-state index in [1.54, 1.807) is 4.80 Å². The van der Waals surface area contributed by atoms with E-state index in [9.17, 15) is 0 Å². The number of hydrogen-bond acceptors (Lipinski definition) is 5. The van der Waals surface area contributed by atoms with E-state index in [-0.39, 0.29) is 0 Å². The lowest BCUT2D eigenvalue weighted by Crippen LogP contribution is -1.99. The summed E-state index contributed by atoms with van der Waals surface area (Å²) in [4.78, 5) is 12.0. The summed E-state index contributed by atoms with van der Waals surface area (Å²) in [6.07, 6.45) is 0. The van der Waals surface area contributed by atoms with E-state index in [1.165, 1.54) is 0 Å². The van der Waals surface area contributed by atoms with Crippen molar-refractivity contribution in [2.45, 2.75) is 0 Å². The van der Waals surface area contributed by atoms with Crippen LogP contribution < -0.4 is 0 Å². The largest absolute Gasteiger partial charge is 0.455 e. The van der Waals surface area contributed by atoms with Gasteiger partial charge in [0.15, 0.2) is 0 Å². The molecule has 0 spiro atoms. The second-order valence-electron chi connectivity index (χ2n) is 10.4. The van der Waals surface area contributed by atoms with Crippen LogP contribution in [0.1, 0.15) is 0 Å². The lowest BCUT2D eigenvalue weighted by atomic mass is 10.0. The topological polar surface area (TPSA) is 69.6 Å². The van der Waals surface area contributed by atoms with E-state index in [0.717, 1.165) is 83.0 Å². The highest BCUT2D eigenvalue weighted by molar-refractivity contribution is 6.10. The highest BCUT2D eigenvalue weighted by Gasteiger charge is 2.15. The number of furan rings is 1. The van der Waals surface area contributed by atoms with Gasteiger partial charge in [-0.25, -0.2) is 9.97 Å². The van der Waals surface area contributed by atoms with Crippen molar-refractivity contribution in [1.82, 2.24) is 25.0 Å². The molecule has 6 heteroatoms. The number of hydrogen-bond donors (Lipinski definition) is 0. The van der Waals surface area contributed by atoms with Crippen LogP contribution in [0.15, 0.2) is 132 Å². The molecule has 4 aromatic heterocycles. The summed E-state index contributed by atoms with van der Waals surface area (Å²) in [6.45, 7) is 0. The standard InChI is InChI=1S/C36H21N5O/c1-4-14-33-26(9-1)27-10-6-11-28(36(27)42-33)30-20-18-23-16-15-22-17-19-29(37-34(22)35(23)38-30)24-7-5-8-25(21-24)41-39-31-12-2-3-13-32(31)40-41/h1-21H. The Labute approximate surface area is 239 Å². The molecule has 0 aliphatic carbocycles. The molecule has 6 nitrogen and oxygen atoms in total. The minimum Gasteiger partial charge on any atom is -0.455 e. The fourth-order valence-electron chi connectivity index (χ4n) is 5.79. The Bertz CT molecular complexity index is 2460. The Kier molecular flexibility index (Phi) is 4.80. The predicted molar refractivity (Wildman–Crippen MR) is 168 cm³/mol. The molecular weight excluding hydrogens is 518 g/mol. The quantitative estimate of drug-likeness (QED) is 0.210.